The van der Waals surface area contributed by atoms with Gasteiger partial charge in [0.05, 0.1) is 0 Å². The number of hydrogen-bond acceptors (Lipinski definition) is 2. The number of fused-ring (bicyclic) bond motifs is 1. The number of rotatable bonds is 4. The van der Waals surface area contributed by atoms with Gasteiger partial charge in [0.1, 0.15) is 12.4 Å². The molecule has 0 atom stereocenters. The Balaban J connectivity index is 1.77. The van der Waals surface area contributed by atoms with Gasteiger partial charge in [-0.1, -0.05) is 58.4 Å². The third-order valence-electron chi connectivity index (χ3n) is 3.47. The van der Waals surface area contributed by atoms with E-state index in [1.54, 1.807) is 0 Å². The van der Waals surface area contributed by atoms with Gasteiger partial charge in [0, 0.05) is 16.6 Å². The van der Waals surface area contributed by atoms with Gasteiger partial charge >= 0.3 is 0 Å². The molecule has 106 valence electrons. The van der Waals surface area contributed by atoms with Crippen LogP contribution in [0, 0.1) is 0 Å². The fraction of sp³-hybridized carbons (Fsp3) is 0.111. The van der Waals surface area contributed by atoms with E-state index in [9.17, 15) is 0 Å². The van der Waals surface area contributed by atoms with Crippen LogP contribution < -0.4 is 10.5 Å². The van der Waals surface area contributed by atoms with Gasteiger partial charge in [0.2, 0.25) is 0 Å². The van der Waals surface area contributed by atoms with E-state index in [1.807, 2.05) is 36.4 Å². The largest absolute Gasteiger partial charge is 0.489 e. The molecule has 0 unspecified atom stereocenters. The minimum absolute atomic E-state index is 0.532. The predicted octanol–water partition coefficient (Wildman–Crippen LogP) is 4.64. The van der Waals surface area contributed by atoms with Gasteiger partial charge < -0.3 is 10.5 Å². The fourth-order valence-electron chi connectivity index (χ4n) is 2.25. The molecular formula is C18H16BrNO. The van der Waals surface area contributed by atoms with Crippen LogP contribution in [0.1, 0.15) is 11.1 Å². The molecule has 0 aromatic heterocycles. The van der Waals surface area contributed by atoms with Crippen LogP contribution >= 0.6 is 15.9 Å². The van der Waals surface area contributed by atoms with Crippen molar-refractivity contribution in [1.82, 2.24) is 0 Å². The first-order valence-corrected chi connectivity index (χ1v) is 7.64. The van der Waals surface area contributed by atoms with E-state index in [0.717, 1.165) is 21.3 Å². The minimum Gasteiger partial charge on any atom is -0.489 e. The zero-order valence-corrected chi connectivity index (χ0v) is 13.1. The lowest BCUT2D eigenvalue weighted by Crippen LogP contribution is -2.00. The molecule has 3 rings (SSSR count). The zero-order chi connectivity index (χ0) is 14.7. The van der Waals surface area contributed by atoms with Crippen molar-refractivity contribution in [1.29, 1.82) is 0 Å². The van der Waals surface area contributed by atoms with Crippen molar-refractivity contribution >= 4 is 26.7 Å². The van der Waals surface area contributed by atoms with Gasteiger partial charge in [0.15, 0.2) is 0 Å². The Hall–Kier alpha value is -1.84. The first-order chi connectivity index (χ1) is 10.3. The van der Waals surface area contributed by atoms with Crippen molar-refractivity contribution in [2.75, 3.05) is 0 Å². The summed E-state index contributed by atoms with van der Waals surface area (Å²) in [5.41, 5.74) is 7.85. The molecule has 0 bridgehead atoms. The lowest BCUT2D eigenvalue weighted by molar-refractivity contribution is 0.306. The second-order valence-corrected chi connectivity index (χ2v) is 5.78. The summed E-state index contributed by atoms with van der Waals surface area (Å²) < 4.78 is 6.93. The predicted molar refractivity (Wildman–Crippen MR) is 90.3 cm³/mol. The van der Waals surface area contributed by atoms with Crippen LogP contribution in [-0.4, -0.2) is 0 Å². The van der Waals surface area contributed by atoms with Gasteiger partial charge in [-0.15, -0.1) is 0 Å². The second-order valence-electron chi connectivity index (χ2n) is 4.93. The van der Waals surface area contributed by atoms with E-state index in [0.29, 0.717) is 13.2 Å². The number of nitrogens with two attached hydrogens (primary N) is 1. The summed E-state index contributed by atoms with van der Waals surface area (Å²) in [6.07, 6.45) is 0. The van der Waals surface area contributed by atoms with Crippen LogP contribution in [0.3, 0.4) is 0 Å². The second kappa shape index (κ2) is 6.29. The molecule has 0 aliphatic rings. The summed E-state index contributed by atoms with van der Waals surface area (Å²) >= 11 is 3.57. The molecule has 0 spiro atoms. The monoisotopic (exact) mass is 341 g/mol. The Kier molecular flexibility index (Phi) is 4.23. The topological polar surface area (TPSA) is 35.2 Å². The molecule has 0 saturated carbocycles. The van der Waals surface area contributed by atoms with Gasteiger partial charge in [-0.3, -0.25) is 0 Å². The quantitative estimate of drug-likeness (QED) is 0.750. The number of hydrogen-bond donors (Lipinski definition) is 1. The van der Waals surface area contributed by atoms with E-state index in [1.165, 1.54) is 10.8 Å². The van der Waals surface area contributed by atoms with E-state index >= 15 is 0 Å². The fourth-order valence-corrected chi connectivity index (χ4v) is 2.79. The van der Waals surface area contributed by atoms with E-state index in [2.05, 4.69) is 40.2 Å². The molecule has 0 aliphatic carbocycles. The summed E-state index contributed by atoms with van der Waals surface area (Å²) in [6.45, 7) is 1.08. The van der Waals surface area contributed by atoms with E-state index in [4.69, 9.17) is 10.5 Å². The van der Waals surface area contributed by atoms with Gasteiger partial charge in [-0.2, -0.15) is 0 Å². The Labute approximate surface area is 132 Å². The highest BCUT2D eigenvalue weighted by Gasteiger charge is 2.03. The third kappa shape index (κ3) is 3.26. The minimum atomic E-state index is 0.532. The molecule has 0 aliphatic heterocycles. The first-order valence-electron chi connectivity index (χ1n) is 6.85. The zero-order valence-electron chi connectivity index (χ0n) is 11.6. The molecule has 2 nitrogen and oxygen atoms in total. The Morgan fingerprint density at radius 2 is 1.71 bits per heavy atom. The van der Waals surface area contributed by atoms with Crippen LogP contribution in [0.15, 0.2) is 65.1 Å². The third-order valence-corrected chi connectivity index (χ3v) is 4.21. The van der Waals surface area contributed by atoms with Crippen LogP contribution in [0.5, 0.6) is 5.75 Å². The van der Waals surface area contributed by atoms with Crippen LogP contribution in [0.2, 0.25) is 0 Å². The van der Waals surface area contributed by atoms with Crippen molar-refractivity contribution in [3.63, 3.8) is 0 Å². The van der Waals surface area contributed by atoms with Crippen LogP contribution in [-0.2, 0) is 13.2 Å². The van der Waals surface area contributed by atoms with Crippen molar-refractivity contribution in [2.24, 2.45) is 5.73 Å². The highest BCUT2D eigenvalue weighted by Crippen LogP contribution is 2.24. The van der Waals surface area contributed by atoms with Gasteiger partial charge in [-0.25, -0.2) is 0 Å². The molecule has 0 heterocycles. The summed E-state index contributed by atoms with van der Waals surface area (Å²) in [6, 6.07) is 20.5. The molecule has 3 heteroatoms. The Bertz CT molecular complexity index is 770. The average molecular weight is 342 g/mol. The van der Waals surface area contributed by atoms with Crippen molar-refractivity contribution in [3.05, 3.63) is 76.3 Å². The molecule has 0 saturated heterocycles. The normalized spacial score (nSPS) is 10.8. The lowest BCUT2D eigenvalue weighted by atomic mass is 10.1. The maximum atomic E-state index is 5.89. The van der Waals surface area contributed by atoms with Crippen molar-refractivity contribution < 1.29 is 4.74 Å². The van der Waals surface area contributed by atoms with Crippen LogP contribution in [0.25, 0.3) is 10.8 Å². The Morgan fingerprint density at radius 3 is 2.48 bits per heavy atom. The molecule has 0 amide bonds. The Morgan fingerprint density at radius 1 is 0.905 bits per heavy atom. The highest BCUT2D eigenvalue weighted by molar-refractivity contribution is 9.10. The summed E-state index contributed by atoms with van der Waals surface area (Å²) in [5, 5.41) is 2.41. The van der Waals surface area contributed by atoms with E-state index in [-0.39, 0.29) is 0 Å². The standard InChI is InChI=1S/C18H16BrNO/c19-18-9-13(11-20)5-6-16(18)12-21-17-8-7-14-3-1-2-4-15(14)10-17/h1-10H,11-12,20H2. The van der Waals surface area contributed by atoms with Gasteiger partial charge in [-0.05, 0) is 34.5 Å². The number of benzene rings is 3. The molecule has 0 radical (unpaired) electrons. The average Bonchev–Trinajstić information content (AvgIpc) is 2.53. The first kappa shape index (κ1) is 14.1. The maximum absolute atomic E-state index is 5.89. The van der Waals surface area contributed by atoms with Crippen molar-refractivity contribution in [2.45, 2.75) is 13.2 Å². The molecule has 2 N–H and O–H groups in total. The maximum Gasteiger partial charge on any atom is 0.120 e. The highest BCUT2D eigenvalue weighted by atomic mass is 79.9. The molecule has 0 fully saturated rings. The van der Waals surface area contributed by atoms with Crippen LogP contribution in [0.4, 0.5) is 0 Å². The summed E-state index contributed by atoms with van der Waals surface area (Å²) in [5.74, 6) is 0.878. The van der Waals surface area contributed by atoms with Crippen molar-refractivity contribution in [3.8, 4) is 5.75 Å². The van der Waals surface area contributed by atoms with E-state index < -0.39 is 0 Å². The SMILES string of the molecule is NCc1ccc(COc2ccc3ccccc3c2)c(Br)c1. The number of ether oxygens (including phenoxy) is 1. The molecule has 3 aromatic carbocycles. The summed E-state index contributed by atoms with van der Waals surface area (Å²) in [7, 11) is 0. The molecule has 21 heavy (non-hydrogen) atoms. The summed E-state index contributed by atoms with van der Waals surface area (Å²) in [4.78, 5) is 0. The number of halogens is 1. The molecular weight excluding hydrogens is 326 g/mol. The lowest BCUT2D eigenvalue weighted by Gasteiger charge is -2.10. The smallest absolute Gasteiger partial charge is 0.120 e. The van der Waals surface area contributed by atoms with Gasteiger partial charge in [0.25, 0.3) is 0 Å². The molecule has 3 aromatic rings.